The molecule has 0 atom stereocenters. The van der Waals surface area contributed by atoms with Gasteiger partial charge in [0.05, 0.1) is 19.6 Å². The number of urea groups is 1. The van der Waals surface area contributed by atoms with Crippen LogP contribution in [0.5, 0.6) is 0 Å². The Hall–Kier alpha value is -1.56. The quantitative estimate of drug-likeness (QED) is 0.495. The summed E-state index contributed by atoms with van der Waals surface area (Å²) in [5, 5.41) is 11.3. The molecule has 102 valence electrons. The van der Waals surface area contributed by atoms with Gasteiger partial charge < -0.3 is 20.1 Å². The molecule has 1 heterocycles. The van der Waals surface area contributed by atoms with E-state index in [0.717, 1.165) is 6.42 Å². The van der Waals surface area contributed by atoms with Gasteiger partial charge >= 0.3 is 12.0 Å². The summed E-state index contributed by atoms with van der Waals surface area (Å²) in [6.45, 7) is 6.19. The standard InChI is InChI=1S/C12H20N2O4/c1-2-3-5-18-6-4-13-12(17)14-8-10(9-14)7-11(15)16/h2,10H,1,3-9H2,(H,13,17)(H,15,16). The van der Waals surface area contributed by atoms with Crippen LogP contribution in [-0.2, 0) is 9.53 Å². The molecule has 1 rings (SSSR count). The molecular formula is C12H20N2O4. The third kappa shape index (κ3) is 5.18. The zero-order valence-electron chi connectivity index (χ0n) is 10.4. The van der Waals surface area contributed by atoms with Gasteiger partial charge in [0.25, 0.3) is 0 Å². The van der Waals surface area contributed by atoms with Gasteiger partial charge in [-0.1, -0.05) is 6.08 Å². The second-order valence-electron chi connectivity index (χ2n) is 4.29. The molecule has 6 nitrogen and oxygen atoms in total. The van der Waals surface area contributed by atoms with Crippen molar-refractivity contribution in [2.45, 2.75) is 12.8 Å². The molecule has 0 aromatic carbocycles. The highest BCUT2D eigenvalue weighted by Crippen LogP contribution is 2.18. The lowest BCUT2D eigenvalue weighted by atomic mass is 9.97. The fourth-order valence-electron chi connectivity index (χ4n) is 1.72. The normalized spacial score (nSPS) is 15.0. The van der Waals surface area contributed by atoms with Crippen LogP contribution in [0.4, 0.5) is 4.79 Å². The molecule has 0 radical (unpaired) electrons. The van der Waals surface area contributed by atoms with E-state index >= 15 is 0 Å². The van der Waals surface area contributed by atoms with E-state index in [2.05, 4.69) is 11.9 Å². The first-order valence-electron chi connectivity index (χ1n) is 6.06. The number of hydrogen-bond acceptors (Lipinski definition) is 3. The monoisotopic (exact) mass is 256 g/mol. The van der Waals surface area contributed by atoms with Crippen molar-refractivity contribution in [1.82, 2.24) is 10.2 Å². The number of amides is 2. The molecule has 1 saturated heterocycles. The van der Waals surface area contributed by atoms with Gasteiger partial charge in [-0.3, -0.25) is 4.79 Å². The molecule has 0 aromatic rings. The fraction of sp³-hybridized carbons (Fsp3) is 0.667. The predicted octanol–water partition coefficient (Wildman–Crippen LogP) is 0.695. The van der Waals surface area contributed by atoms with Crippen LogP contribution >= 0.6 is 0 Å². The van der Waals surface area contributed by atoms with Crippen molar-refractivity contribution in [3.63, 3.8) is 0 Å². The summed E-state index contributed by atoms with van der Waals surface area (Å²) in [4.78, 5) is 23.6. The van der Waals surface area contributed by atoms with Gasteiger partial charge in [0.2, 0.25) is 0 Å². The van der Waals surface area contributed by atoms with Crippen molar-refractivity contribution in [2.75, 3.05) is 32.8 Å². The number of carboxylic acids is 1. The Labute approximate surface area is 107 Å². The Kier molecular flexibility index (Phi) is 6.21. The highest BCUT2D eigenvalue weighted by atomic mass is 16.5. The van der Waals surface area contributed by atoms with E-state index in [-0.39, 0.29) is 18.4 Å². The van der Waals surface area contributed by atoms with E-state index in [9.17, 15) is 9.59 Å². The average Bonchev–Trinajstić information content (AvgIpc) is 2.27. The number of carbonyl (C=O) groups is 2. The van der Waals surface area contributed by atoms with Crippen molar-refractivity contribution in [3.8, 4) is 0 Å². The lowest BCUT2D eigenvalue weighted by Gasteiger charge is -2.38. The summed E-state index contributed by atoms with van der Waals surface area (Å²) >= 11 is 0. The van der Waals surface area contributed by atoms with Crippen molar-refractivity contribution < 1.29 is 19.4 Å². The molecule has 0 bridgehead atoms. The zero-order chi connectivity index (χ0) is 13.4. The largest absolute Gasteiger partial charge is 0.481 e. The van der Waals surface area contributed by atoms with Crippen LogP contribution in [0.1, 0.15) is 12.8 Å². The fourth-order valence-corrected chi connectivity index (χ4v) is 1.72. The first-order chi connectivity index (χ1) is 8.63. The number of carbonyl (C=O) groups excluding carboxylic acids is 1. The predicted molar refractivity (Wildman–Crippen MR) is 66.3 cm³/mol. The number of carboxylic acid groups (broad SMARTS) is 1. The van der Waals surface area contributed by atoms with Crippen LogP contribution < -0.4 is 5.32 Å². The summed E-state index contributed by atoms with van der Waals surface area (Å²) in [6, 6.07) is -0.149. The topological polar surface area (TPSA) is 78.9 Å². The second-order valence-corrected chi connectivity index (χ2v) is 4.29. The molecule has 0 unspecified atom stereocenters. The van der Waals surface area contributed by atoms with E-state index in [1.165, 1.54) is 0 Å². The molecular weight excluding hydrogens is 236 g/mol. The molecule has 0 aliphatic carbocycles. The molecule has 2 amide bonds. The van der Waals surface area contributed by atoms with Crippen LogP contribution in [0.3, 0.4) is 0 Å². The van der Waals surface area contributed by atoms with E-state index in [4.69, 9.17) is 9.84 Å². The summed E-state index contributed by atoms with van der Waals surface area (Å²) < 4.78 is 5.25. The number of rotatable bonds is 8. The third-order valence-electron chi connectivity index (χ3n) is 2.70. The smallest absolute Gasteiger partial charge is 0.317 e. The van der Waals surface area contributed by atoms with Gasteiger partial charge in [-0.15, -0.1) is 6.58 Å². The molecule has 6 heteroatoms. The van der Waals surface area contributed by atoms with Crippen LogP contribution in [0.2, 0.25) is 0 Å². The number of ether oxygens (including phenoxy) is 1. The molecule has 1 aliphatic heterocycles. The van der Waals surface area contributed by atoms with Crippen LogP contribution in [-0.4, -0.2) is 54.9 Å². The number of nitrogens with one attached hydrogen (secondary N) is 1. The summed E-state index contributed by atoms with van der Waals surface area (Å²) in [6.07, 6.45) is 2.71. The van der Waals surface area contributed by atoms with E-state index in [0.29, 0.717) is 32.8 Å². The summed E-state index contributed by atoms with van der Waals surface area (Å²) in [5.74, 6) is -0.715. The molecule has 18 heavy (non-hydrogen) atoms. The minimum atomic E-state index is -0.810. The van der Waals surface area contributed by atoms with Gasteiger partial charge in [0.15, 0.2) is 0 Å². The first-order valence-corrected chi connectivity index (χ1v) is 6.06. The Balaban J connectivity index is 1.99. The highest BCUT2D eigenvalue weighted by molar-refractivity contribution is 5.75. The molecule has 0 saturated carbocycles. The molecule has 1 aliphatic rings. The Morgan fingerprint density at radius 1 is 1.44 bits per heavy atom. The van der Waals surface area contributed by atoms with Gasteiger partial charge in [0.1, 0.15) is 0 Å². The van der Waals surface area contributed by atoms with Gasteiger partial charge in [-0.05, 0) is 6.42 Å². The molecule has 1 fully saturated rings. The lowest BCUT2D eigenvalue weighted by molar-refractivity contribution is -0.139. The van der Waals surface area contributed by atoms with Crippen LogP contribution in [0.25, 0.3) is 0 Å². The van der Waals surface area contributed by atoms with Crippen molar-refractivity contribution in [2.24, 2.45) is 5.92 Å². The van der Waals surface area contributed by atoms with Gasteiger partial charge in [-0.2, -0.15) is 0 Å². The maximum atomic E-state index is 11.5. The first kappa shape index (κ1) is 14.5. The van der Waals surface area contributed by atoms with E-state index < -0.39 is 5.97 Å². The van der Waals surface area contributed by atoms with E-state index in [1.54, 1.807) is 11.0 Å². The molecule has 0 spiro atoms. The number of aliphatic carboxylic acids is 1. The van der Waals surface area contributed by atoms with Gasteiger partial charge in [0, 0.05) is 25.6 Å². The average molecular weight is 256 g/mol. The van der Waals surface area contributed by atoms with Gasteiger partial charge in [-0.25, -0.2) is 4.79 Å². The van der Waals surface area contributed by atoms with E-state index in [1.807, 2.05) is 0 Å². The summed E-state index contributed by atoms with van der Waals surface area (Å²) in [7, 11) is 0. The Morgan fingerprint density at radius 3 is 2.78 bits per heavy atom. The maximum Gasteiger partial charge on any atom is 0.317 e. The van der Waals surface area contributed by atoms with Crippen molar-refractivity contribution in [3.05, 3.63) is 12.7 Å². The Morgan fingerprint density at radius 2 is 2.17 bits per heavy atom. The summed E-state index contributed by atoms with van der Waals surface area (Å²) in [5.41, 5.74) is 0. The lowest BCUT2D eigenvalue weighted by Crippen LogP contribution is -2.54. The Bertz CT molecular complexity index is 300. The maximum absolute atomic E-state index is 11.5. The van der Waals surface area contributed by atoms with Crippen molar-refractivity contribution in [1.29, 1.82) is 0 Å². The van der Waals surface area contributed by atoms with Crippen molar-refractivity contribution >= 4 is 12.0 Å². The number of hydrogen-bond donors (Lipinski definition) is 2. The molecule has 0 aromatic heterocycles. The molecule has 2 N–H and O–H groups in total. The SMILES string of the molecule is C=CCCOCCNC(=O)N1CC(CC(=O)O)C1. The number of likely N-dealkylation sites (tertiary alicyclic amines) is 1. The van der Waals surface area contributed by atoms with Crippen LogP contribution in [0.15, 0.2) is 12.7 Å². The van der Waals surface area contributed by atoms with Crippen LogP contribution in [0, 0.1) is 5.92 Å². The third-order valence-corrected chi connectivity index (χ3v) is 2.70. The number of nitrogens with zero attached hydrogens (tertiary/aromatic N) is 1. The highest BCUT2D eigenvalue weighted by Gasteiger charge is 2.31. The second kappa shape index (κ2) is 7.71. The zero-order valence-corrected chi connectivity index (χ0v) is 10.4. The minimum absolute atomic E-state index is 0.0945. The minimum Gasteiger partial charge on any atom is -0.481 e.